The van der Waals surface area contributed by atoms with E-state index >= 15 is 0 Å². The zero-order valence-corrected chi connectivity index (χ0v) is 11.6. The van der Waals surface area contributed by atoms with E-state index in [1.54, 1.807) is 22.9 Å². The Labute approximate surface area is 116 Å². The molecule has 2 aromatic rings. The van der Waals surface area contributed by atoms with Gasteiger partial charge in [0.25, 0.3) is 0 Å². The number of para-hydroxylation sites is 1. The van der Waals surface area contributed by atoms with Crippen LogP contribution in [-0.4, -0.2) is 26.6 Å². The van der Waals surface area contributed by atoms with Crippen LogP contribution in [0.3, 0.4) is 0 Å². The molecule has 0 aliphatic heterocycles. The molecule has 0 bridgehead atoms. The summed E-state index contributed by atoms with van der Waals surface area (Å²) in [5, 5.41) is 17.6. The molecule has 1 aromatic heterocycles. The zero-order chi connectivity index (χ0) is 14.7. The van der Waals surface area contributed by atoms with E-state index in [-0.39, 0.29) is 5.56 Å². The quantitative estimate of drug-likeness (QED) is 0.661. The molecule has 0 unspecified atom stereocenters. The Hall–Kier alpha value is -2.63. The van der Waals surface area contributed by atoms with Crippen LogP contribution in [0.5, 0.6) is 0 Å². The van der Waals surface area contributed by atoms with Crippen molar-refractivity contribution in [3.63, 3.8) is 0 Å². The van der Waals surface area contributed by atoms with Crippen LogP contribution < -0.4 is 5.43 Å². The van der Waals surface area contributed by atoms with E-state index in [4.69, 9.17) is 5.11 Å². The summed E-state index contributed by atoms with van der Waals surface area (Å²) in [4.78, 5) is 11.1. The smallest absolute Gasteiger partial charge is 0.337 e. The van der Waals surface area contributed by atoms with E-state index in [0.29, 0.717) is 5.69 Å². The van der Waals surface area contributed by atoms with Gasteiger partial charge in [-0.15, -0.1) is 0 Å². The molecular formula is C14H16N4O2. The Kier molecular flexibility index (Phi) is 3.84. The molecule has 0 aliphatic carbocycles. The van der Waals surface area contributed by atoms with Gasteiger partial charge in [-0.2, -0.15) is 10.2 Å². The van der Waals surface area contributed by atoms with E-state index in [9.17, 15) is 4.79 Å². The molecule has 0 saturated heterocycles. The maximum absolute atomic E-state index is 11.1. The van der Waals surface area contributed by atoms with Crippen molar-refractivity contribution in [3.8, 4) is 0 Å². The number of aromatic nitrogens is 2. The minimum absolute atomic E-state index is 0.187. The van der Waals surface area contributed by atoms with Crippen LogP contribution in [0, 0.1) is 6.92 Å². The van der Waals surface area contributed by atoms with Gasteiger partial charge in [-0.05, 0) is 26.0 Å². The second-order valence-corrected chi connectivity index (χ2v) is 4.46. The van der Waals surface area contributed by atoms with Crippen molar-refractivity contribution in [2.45, 2.75) is 13.8 Å². The molecule has 20 heavy (non-hydrogen) atoms. The Morgan fingerprint density at radius 1 is 1.35 bits per heavy atom. The number of benzene rings is 1. The second-order valence-electron chi connectivity index (χ2n) is 4.46. The Morgan fingerprint density at radius 3 is 2.65 bits per heavy atom. The minimum Gasteiger partial charge on any atom is -0.478 e. The first kappa shape index (κ1) is 13.8. The number of hydrazone groups is 1. The lowest BCUT2D eigenvalue weighted by molar-refractivity contribution is 0.0698. The highest BCUT2D eigenvalue weighted by molar-refractivity contribution is 6.00. The number of carbonyl (C=O) groups is 1. The molecule has 104 valence electrons. The molecule has 0 atom stereocenters. The summed E-state index contributed by atoms with van der Waals surface area (Å²) in [6, 6.07) is 6.65. The second kappa shape index (κ2) is 5.56. The fourth-order valence-corrected chi connectivity index (χ4v) is 1.93. The molecule has 6 nitrogen and oxygen atoms in total. The van der Waals surface area contributed by atoms with E-state index in [2.05, 4.69) is 15.6 Å². The van der Waals surface area contributed by atoms with Gasteiger partial charge in [-0.1, -0.05) is 12.1 Å². The lowest BCUT2D eigenvalue weighted by atomic mass is 10.2. The first-order valence-corrected chi connectivity index (χ1v) is 6.12. The van der Waals surface area contributed by atoms with Crippen LogP contribution in [0.4, 0.5) is 5.69 Å². The van der Waals surface area contributed by atoms with Crippen molar-refractivity contribution < 1.29 is 9.90 Å². The highest BCUT2D eigenvalue weighted by Crippen LogP contribution is 2.15. The van der Waals surface area contributed by atoms with Gasteiger partial charge in [-0.3, -0.25) is 10.1 Å². The Balaban J connectivity index is 2.25. The fourth-order valence-electron chi connectivity index (χ4n) is 1.93. The predicted octanol–water partition coefficient (Wildman–Crippen LogP) is 2.26. The number of carboxylic acids is 1. The van der Waals surface area contributed by atoms with Crippen LogP contribution in [-0.2, 0) is 7.05 Å². The topological polar surface area (TPSA) is 79.5 Å². The number of nitrogens with one attached hydrogen (secondary N) is 1. The van der Waals surface area contributed by atoms with Crippen molar-refractivity contribution in [3.05, 3.63) is 47.3 Å². The number of nitrogens with zero attached hydrogens (tertiary/aromatic N) is 3. The van der Waals surface area contributed by atoms with Crippen molar-refractivity contribution in [1.82, 2.24) is 9.78 Å². The molecule has 0 amide bonds. The third-order valence-electron chi connectivity index (χ3n) is 2.90. The van der Waals surface area contributed by atoms with Gasteiger partial charge in [-0.25, -0.2) is 4.79 Å². The van der Waals surface area contributed by atoms with E-state index in [1.807, 2.05) is 27.1 Å². The van der Waals surface area contributed by atoms with Gasteiger partial charge in [0.05, 0.1) is 22.7 Å². The number of carboxylic acid groups (broad SMARTS) is 1. The summed E-state index contributed by atoms with van der Waals surface area (Å²) >= 11 is 0. The first-order chi connectivity index (χ1) is 9.49. The first-order valence-electron chi connectivity index (χ1n) is 6.12. The monoisotopic (exact) mass is 272 g/mol. The predicted molar refractivity (Wildman–Crippen MR) is 77.2 cm³/mol. The van der Waals surface area contributed by atoms with Crippen molar-refractivity contribution in [2.24, 2.45) is 12.1 Å². The van der Waals surface area contributed by atoms with Gasteiger partial charge < -0.3 is 5.11 Å². The number of rotatable bonds is 4. The number of anilines is 1. The number of aryl methyl sites for hydroxylation is 2. The normalized spacial score (nSPS) is 11.4. The molecule has 0 aliphatic rings. The van der Waals surface area contributed by atoms with Gasteiger partial charge in [0.2, 0.25) is 0 Å². The number of aromatic carboxylic acids is 1. The van der Waals surface area contributed by atoms with Crippen molar-refractivity contribution in [1.29, 1.82) is 0 Å². The average Bonchev–Trinajstić information content (AvgIpc) is 2.75. The number of hydrogen-bond acceptors (Lipinski definition) is 4. The summed E-state index contributed by atoms with van der Waals surface area (Å²) in [5.74, 6) is -0.987. The van der Waals surface area contributed by atoms with Gasteiger partial charge >= 0.3 is 5.97 Å². The lowest BCUT2D eigenvalue weighted by Crippen LogP contribution is -2.05. The molecule has 0 spiro atoms. The van der Waals surface area contributed by atoms with Crippen LogP contribution in [0.2, 0.25) is 0 Å². The Morgan fingerprint density at radius 2 is 2.05 bits per heavy atom. The summed E-state index contributed by atoms with van der Waals surface area (Å²) in [5.41, 5.74) is 5.99. The summed E-state index contributed by atoms with van der Waals surface area (Å²) in [7, 11) is 1.84. The largest absolute Gasteiger partial charge is 0.478 e. The molecule has 0 saturated carbocycles. The summed E-state index contributed by atoms with van der Waals surface area (Å²) < 4.78 is 1.72. The molecule has 0 fully saturated rings. The van der Waals surface area contributed by atoms with Gasteiger partial charge in [0, 0.05) is 18.8 Å². The molecular weight excluding hydrogens is 256 g/mol. The molecule has 6 heteroatoms. The molecule has 0 radical (unpaired) electrons. The van der Waals surface area contributed by atoms with E-state index in [1.165, 1.54) is 6.07 Å². The van der Waals surface area contributed by atoms with Crippen LogP contribution >= 0.6 is 0 Å². The maximum Gasteiger partial charge on any atom is 0.337 e. The van der Waals surface area contributed by atoms with E-state index < -0.39 is 5.97 Å². The maximum atomic E-state index is 11.1. The Bertz CT molecular complexity index is 674. The SMILES string of the molecule is C/C(=N\Nc1ccccc1C(=O)O)c1cn(C)nc1C. The molecule has 2 N–H and O–H groups in total. The third-order valence-corrected chi connectivity index (χ3v) is 2.90. The molecule has 2 rings (SSSR count). The van der Waals surface area contributed by atoms with E-state index in [0.717, 1.165) is 17.0 Å². The fraction of sp³-hybridized carbons (Fsp3) is 0.214. The van der Waals surface area contributed by atoms with Gasteiger partial charge in [0.15, 0.2) is 0 Å². The third kappa shape index (κ3) is 2.85. The van der Waals surface area contributed by atoms with Crippen LogP contribution in [0.25, 0.3) is 0 Å². The average molecular weight is 272 g/mol. The highest BCUT2D eigenvalue weighted by atomic mass is 16.4. The standard InChI is InChI=1S/C14H16N4O2/c1-9(12-8-18(3)17-10(12)2)15-16-13-7-5-4-6-11(13)14(19)20/h4-8,16H,1-3H3,(H,19,20)/b15-9+. The van der Waals surface area contributed by atoms with Gasteiger partial charge in [0.1, 0.15) is 0 Å². The molecule has 1 aromatic carbocycles. The minimum atomic E-state index is -0.987. The summed E-state index contributed by atoms with van der Waals surface area (Å²) in [6.07, 6.45) is 1.87. The lowest BCUT2D eigenvalue weighted by Gasteiger charge is -2.06. The van der Waals surface area contributed by atoms with Crippen LogP contribution in [0.15, 0.2) is 35.6 Å². The van der Waals surface area contributed by atoms with Crippen LogP contribution in [0.1, 0.15) is 28.5 Å². The van der Waals surface area contributed by atoms with Crippen molar-refractivity contribution in [2.75, 3.05) is 5.43 Å². The highest BCUT2D eigenvalue weighted by Gasteiger charge is 2.09. The zero-order valence-electron chi connectivity index (χ0n) is 11.6. The summed E-state index contributed by atoms with van der Waals surface area (Å²) in [6.45, 7) is 3.75. The number of hydrogen-bond donors (Lipinski definition) is 2. The van der Waals surface area contributed by atoms with Crippen molar-refractivity contribution >= 4 is 17.4 Å². The molecule has 1 heterocycles.